The zero-order valence-electron chi connectivity index (χ0n) is 14.7. The summed E-state index contributed by atoms with van der Waals surface area (Å²) >= 11 is 0. The number of nitrogens with zero attached hydrogens (tertiary/aromatic N) is 2. The summed E-state index contributed by atoms with van der Waals surface area (Å²) in [7, 11) is 0. The third-order valence-corrected chi connectivity index (χ3v) is 4.26. The van der Waals surface area contributed by atoms with Gasteiger partial charge in [0, 0.05) is 31.4 Å². The van der Waals surface area contributed by atoms with Gasteiger partial charge in [-0.15, -0.1) is 24.0 Å². The molecule has 1 saturated heterocycles. The van der Waals surface area contributed by atoms with Crippen LogP contribution >= 0.6 is 24.0 Å². The van der Waals surface area contributed by atoms with Crippen LogP contribution in [0.1, 0.15) is 18.9 Å². The van der Waals surface area contributed by atoms with Crippen molar-refractivity contribution < 1.29 is 0 Å². The van der Waals surface area contributed by atoms with Crippen molar-refractivity contribution in [2.45, 2.75) is 25.9 Å². The number of nitrogens with one attached hydrogen (secondary N) is 2. The summed E-state index contributed by atoms with van der Waals surface area (Å²) in [6.07, 6.45) is 1.13. The second kappa shape index (κ2) is 10.3. The Bertz CT molecular complexity index is 645. The normalized spacial score (nSPS) is 17.1. The van der Waals surface area contributed by atoms with Crippen LogP contribution < -0.4 is 15.5 Å². The molecule has 1 fully saturated rings. The topological polar surface area (TPSA) is 39.7 Å². The molecule has 1 aliphatic rings. The molecule has 0 spiro atoms. The molecule has 0 amide bonds. The first-order valence-electron chi connectivity index (χ1n) is 8.74. The predicted molar refractivity (Wildman–Crippen MR) is 117 cm³/mol. The average Bonchev–Trinajstić information content (AvgIpc) is 3.10. The minimum atomic E-state index is 0. The molecule has 1 unspecified atom stereocenters. The van der Waals surface area contributed by atoms with E-state index >= 15 is 0 Å². The Balaban J connectivity index is 0.00000225. The maximum absolute atomic E-state index is 4.72. The van der Waals surface area contributed by atoms with Gasteiger partial charge in [0.2, 0.25) is 0 Å². The smallest absolute Gasteiger partial charge is 0.191 e. The van der Waals surface area contributed by atoms with Crippen molar-refractivity contribution in [1.82, 2.24) is 10.6 Å². The second-order valence-corrected chi connectivity index (χ2v) is 6.09. The lowest BCUT2D eigenvalue weighted by atomic mass is 10.2. The lowest BCUT2D eigenvalue weighted by Gasteiger charge is -2.20. The van der Waals surface area contributed by atoms with Crippen LogP contribution in [0.4, 0.5) is 5.69 Å². The summed E-state index contributed by atoms with van der Waals surface area (Å²) in [4.78, 5) is 7.15. The molecular weight excluding hydrogens is 423 g/mol. The van der Waals surface area contributed by atoms with Gasteiger partial charge in [0.1, 0.15) is 0 Å². The third kappa shape index (κ3) is 5.92. The van der Waals surface area contributed by atoms with Crippen molar-refractivity contribution in [3.8, 4) is 0 Å². The summed E-state index contributed by atoms with van der Waals surface area (Å²) < 4.78 is 0. The van der Waals surface area contributed by atoms with Gasteiger partial charge in [0.15, 0.2) is 5.96 Å². The molecule has 0 bridgehead atoms. The molecule has 2 aromatic carbocycles. The van der Waals surface area contributed by atoms with Crippen LogP contribution in [0.15, 0.2) is 65.7 Å². The first-order valence-corrected chi connectivity index (χ1v) is 8.74. The van der Waals surface area contributed by atoms with Gasteiger partial charge in [0.25, 0.3) is 0 Å². The van der Waals surface area contributed by atoms with Gasteiger partial charge in [-0.25, -0.2) is 4.99 Å². The minimum Gasteiger partial charge on any atom is -0.369 e. The molecule has 1 atom stereocenters. The van der Waals surface area contributed by atoms with E-state index in [0.29, 0.717) is 12.6 Å². The fourth-order valence-electron chi connectivity index (χ4n) is 3.02. The van der Waals surface area contributed by atoms with E-state index in [9.17, 15) is 0 Å². The van der Waals surface area contributed by atoms with Crippen molar-refractivity contribution in [3.05, 3.63) is 66.2 Å². The summed E-state index contributed by atoms with van der Waals surface area (Å²) in [6, 6.07) is 21.4. The van der Waals surface area contributed by atoms with Crippen LogP contribution in [-0.2, 0) is 6.54 Å². The number of rotatable bonds is 5. The van der Waals surface area contributed by atoms with E-state index in [2.05, 4.69) is 77.1 Å². The van der Waals surface area contributed by atoms with Crippen LogP contribution in [0.3, 0.4) is 0 Å². The number of benzene rings is 2. The number of anilines is 1. The number of hydrogen-bond acceptors (Lipinski definition) is 2. The number of hydrogen-bond donors (Lipinski definition) is 2. The van der Waals surface area contributed by atoms with Gasteiger partial charge >= 0.3 is 0 Å². The maximum atomic E-state index is 4.72. The molecule has 0 radical (unpaired) electrons. The fraction of sp³-hybridized carbons (Fsp3) is 0.350. The molecule has 1 aliphatic heterocycles. The van der Waals surface area contributed by atoms with E-state index in [1.54, 1.807) is 0 Å². The Hall–Kier alpha value is -1.76. The van der Waals surface area contributed by atoms with Crippen molar-refractivity contribution in [2.75, 3.05) is 24.5 Å². The van der Waals surface area contributed by atoms with Crippen LogP contribution in [0.2, 0.25) is 0 Å². The van der Waals surface area contributed by atoms with E-state index in [1.165, 1.54) is 11.3 Å². The standard InChI is InChI=1S/C20H26N4.HI/c1-2-21-20(22-15-17-9-5-3-6-10-17)23-18-13-14-24(16-18)19-11-7-4-8-12-19;/h3-12,18H,2,13-16H2,1H3,(H2,21,22,23);1H. The molecule has 4 nitrogen and oxygen atoms in total. The van der Waals surface area contributed by atoms with Crippen molar-refractivity contribution >= 4 is 35.6 Å². The Morgan fingerprint density at radius 2 is 1.76 bits per heavy atom. The first kappa shape index (κ1) is 19.6. The van der Waals surface area contributed by atoms with Gasteiger partial charge in [0.05, 0.1) is 6.54 Å². The van der Waals surface area contributed by atoms with Gasteiger partial charge < -0.3 is 15.5 Å². The SMILES string of the molecule is CCNC(=NCc1ccccc1)NC1CCN(c2ccccc2)C1.I. The molecular formula is C20H27IN4. The number of guanidine groups is 1. The van der Waals surface area contributed by atoms with E-state index in [0.717, 1.165) is 32.0 Å². The van der Waals surface area contributed by atoms with Crippen molar-refractivity contribution in [2.24, 2.45) is 4.99 Å². The zero-order chi connectivity index (χ0) is 16.6. The zero-order valence-corrected chi connectivity index (χ0v) is 17.0. The molecule has 0 aromatic heterocycles. The highest BCUT2D eigenvalue weighted by molar-refractivity contribution is 14.0. The Kier molecular flexibility index (Phi) is 8.04. The van der Waals surface area contributed by atoms with E-state index in [4.69, 9.17) is 4.99 Å². The highest BCUT2D eigenvalue weighted by Crippen LogP contribution is 2.19. The van der Waals surface area contributed by atoms with Crippen molar-refractivity contribution in [1.29, 1.82) is 0 Å². The summed E-state index contributed by atoms with van der Waals surface area (Å²) in [5.74, 6) is 0.904. The predicted octanol–water partition coefficient (Wildman–Crippen LogP) is 3.64. The third-order valence-electron chi connectivity index (χ3n) is 4.26. The summed E-state index contributed by atoms with van der Waals surface area (Å²) in [5.41, 5.74) is 2.53. The second-order valence-electron chi connectivity index (χ2n) is 6.09. The molecule has 2 N–H and O–H groups in total. The Morgan fingerprint density at radius 3 is 2.44 bits per heavy atom. The lowest BCUT2D eigenvalue weighted by molar-refractivity contribution is 0.649. The lowest BCUT2D eigenvalue weighted by Crippen LogP contribution is -2.44. The molecule has 3 rings (SSSR count). The highest BCUT2D eigenvalue weighted by Gasteiger charge is 2.23. The molecule has 134 valence electrons. The van der Waals surface area contributed by atoms with Gasteiger partial charge in [-0.1, -0.05) is 48.5 Å². The number of aliphatic imine (C=N–C) groups is 1. The minimum absolute atomic E-state index is 0. The molecule has 2 aromatic rings. The molecule has 5 heteroatoms. The largest absolute Gasteiger partial charge is 0.369 e. The monoisotopic (exact) mass is 450 g/mol. The molecule has 25 heavy (non-hydrogen) atoms. The quantitative estimate of drug-likeness (QED) is 0.415. The Morgan fingerprint density at radius 1 is 1.08 bits per heavy atom. The van der Waals surface area contributed by atoms with Crippen LogP contribution in [-0.4, -0.2) is 31.6 Å². The first-order chi connectivity index (χ1) is 11.8. The maximum Gasteiger partial charge on any atom is 0.191 e. The van der Waals surface area contributed by atoms with Crippen LogP contribution in [0.5, 0.6) is 0 Å². The summed E-state index contributed by atoms with van der Waals surface area (Å²) in [5, 5.41) is 6.94. The molecule has 0 saturated carbocycles. The van der Waals surface area contributed by atoms with Crippen LogP contribution in [0, 0.1) is 0 Å². The van der Waals surface area contributed by atoms with E-state index < -0.39 is 0 Å². The van der Waals surface area contributed by atoms with Crippen molar-refractivity contribution in [3.63, 3.8) is 0 Å². The van der Waals surface area contributed by atoms with Crippen LogP contribution in [0.25, 0.3) is 0 Å². The summed E-state index contributed by atoms with van der Waals surface area (Å²) in [6.45, 7) is 5.77. The fourth-order valence-corrected chi connectivity index (χ4v) is 3.02. The number of para-hydroxylation sites is 1. The average molecular weight is 450 g/mol. The van der Waals surface area contributed by atoms with E-state index in [1.807, 2.05) is 6.07 Å². The highest BCUT2D eigenvalue weighted by atomic mass is 127. The van der Waals surface area contributed by atoms with E-state index in [-0.39, 0.29) is 24.0 Å². The molecule has 0 aliphatic carbocycles. The Labute approximate surface area is 167 Å². The van der Waals surface area contributed by atoms with Gasteiger partial charge in [-0.05, 0) is 31.0 Å². The van der Waals surface area contributed by atoms with Gasteiger partial charge in [-0.3, -0.25) is 0 Å². The number of halogens is 1. The van der Waals surface area contributed by atoms with Gasteiger partial charge in [-0.2, -0.15) is 0 Å². The molecule has 1 heterocycles.